The van der Waals surface area contributed by atoms with Crippen molar-refractivity contribution in [1.82, 2.24) is 0 Å². The monoisotopic (exact) mass is 219 g/mol. The lowest BCUT2D eigenvalue weighted by atomic mass is 10.1. The molecule has 0 spiro atoms. The van der Waals surface area contributed by atoms with Crippen LogP contribution in [0, 0.1) is 5.82 Å². The van der Waals surface area contributed by atoms with Crippen molar-refractivity contribution >= 4 is 11.5 Å². The molecule has 0 saturated heterocycles. The van der Waals surface area contributed by atoms with Crippen molar-refractivity contribution in [1.29, 1.82) is 0 Å². The number of benzene rings is 1. The molecule has 0 radical (unpaired) electrons. The van der Waals surface area contributed by atoms with Gasteiger partial charge in [-0.05, 0) is 19.1 Å². The molecule has 15 heavy (non-hydrogen) atoms. The van der Waals surface area contributed by atoms with Crippen LogP contribution in [0.5, 0.6) is 5.75 Å². The lowest BCUT2D eigenvalue weighted by molar-refractivity contribution is -0.0494. The second kappa shape index (κ2) is 4.20. The Labute approximate surface area is 83.6 Å². The van der Waals surface area contributed by atoms with Crippen LogP contribution in [0.15, 0.2) is 12.1 Å². The Morgan fingerprint density at radius 2 is 2.07 bits per heavy atom. The highest BCUT2D eigenvalue weighted by Crippen LogP contribution is 2.29. The summed E-state index contributed by atoms with van der Waals surface area (Å²) >= 11 is 0. The van der Waals surface area contributed by atoms with Crippen LogP contribution in [0.1, 0.15) is 17.3 Å². The van der Waals surface area contributed by atoms with E-state index in [4.69, 9.17) is 5.73 Å². The summed E-state index contributed by atoms with van der Waals surface area (Å²) in [5, 5.41) is 0. The molecule has 2 N–H and O–H groups in total. The van der Waals surface area contributed by atoms with Crippen LogP contribution < -0.4 is 10.5 Å². The van der Waals surface area contributed by atoms with Crippen molar-refractivity contribution in [2.75, 3.05) is 5.73 Å². The minimum Gasteiger partial charge on any atom is -0.433 e. The maximum Gasteiger partial charge on any atom is 0.387 e. The van der Waals surface area contributed by atoms with Gasteiger partial charge in [-0.2, -0.15) is 8.78 Å². The zero-order valence-corrected chi connectivity index (χ0v) is 7.76. The maximum absolute atomic E-state index is 13.1. The third-order valence-electron chi connectivity index (χ3n) is 1.72. The molecule has 0 atom stereocenters. The normalized spacial score (nSPS) is 10.5. The van der Waals surface area contributed by atoms with E-state index in [-0.39, 0.29) is 0 Å². The van der Waals surface area contributed by atoms with Gasteiger partial charge in [0.25, 0.3) is 0 Å². The number of ketones is 1. The third-order valence-corrected chi connectivity index (χ3v) is 1.72. The molecule has 0 amide bonds. The number of carbonyl (C=O) groups excluding carboxylic acids is 1. The number of hydrogen-bond donors (Lipinski definition) is 1. The Hall–Kier alpha value is -1.72. The molecule has 0 saturated carbocycles. The highest BCUT2D eigenvalue weighted by Gasteiger charge is 2.17. The second-order valence-corrected chi connectivity index (χ2v) is 2.77. The fraction of sp³-hybridized carbons (Fsp3) is 0.222. The van der Waals surface area contributed by atoms with Crippen molar-refractivity contribution in [2.45, 2.75) is 13.5 Å². The number of alkyl halides is 2. The summed E-state index contributed by atoms with van der Waals surface area (Å²) in [4.78, 5) is 11.0. The highest BCUT2D eigenvalue weighted by molar-refractivity contribution is 6.00. The molecule has 1 rings (SSSR count). The molecule has 0 fully saturated rings. The van der Waals surface area contributed by atoms with E-state index in [1.54, 1.807) is 0 Å². The molecule has 0 aliphatic carbocycles. The highest BCUT2D eigenvalue weighted by atomic mass is 19.3. The molecule has 1 aromatic carbocycles. The predicted octanol–water partition coefficient (Wildman–Crippen LogP) is 2.21. The lowest BCUT2D eigenvalue weighted by Gasteiger charge is -2.10. The fourth-order valence-electron chi connectivity index (χ4n) is 1.13. The molecule has 0 aliphatic heterocycles. The van der Waals surface area contributed by atoms with Gasteiger partial charge < -0.3 is 10.5 Å². The third kappa shape index (κ3) is 2.39. The van der Waals surface area contributed by atoms with Gasteiger partial charge in [-0.25, -0.2) is 4.39 Å². The quantitative estimate of drug-likeness (QED) is 0.626. The number of halogens is 3. The summed E-state index contributed by atoms with van der Waals surface area (Å²) in [5.74, 6) is -1.91. The van der Waals surface area contributed by atoms with Gasteiger partial charge in [0.15, 0.2) is 5.78 Å². The molecular formula is C9H8F3NO2. The number of anilines is 1. The van der Waals surface area contributed by atoms with E-state index >= 15 is 0 Å². The Kier molecular flexibility index (Phi) is 3.18. The number of carbonyl (C=O) groups is 1. The Balaban J connectivity index is 3.22. The van der Waals surface area contributed by atoms with Crippen LogP contribution in [0.25, 0.3) is 0 Å². The molecule has 0 aromatic heterocycles. The van der Waals surface area contributed by atoms with Crippen molar-refractivity contribution in [3.8, 4) is 5.75 Å². The van der Waals surface area contributed by atoms with Gasteiger partial charge in [0.1, 0.15) is 11.6 Å². The minimum atomic E-state index is -3.07. The summed E-state index contributed by atoms with van der Waals surface area (Å²) in [7, 11) is 0. The van der Waals surface area contributed by atoms with Crippen LogP contribution in [0.2, 0.25) is 0 Å². The van der Waals surface area contributed by atoms with E-state index in [2.05, 4.69) is 4.74 Å². The molecule has 6 heteroatoms. The number of Topliss-reactive ketones (excluding diaryl/α,β-unsaturated/α-hetero) is 1. The molecule has 3 nitrogen and oxygen atoms in total. The number of ether oxygens (including phenoxy) is 1. The van der Waals surface area contributed by atoms with Crippen molar-refractivity contribution in [3.05, 3.63) is 23.5 Å². The van der Waals surface area contributed by atoms with Gasteiger partial charge in [0, 0.05) is 0 Å². The minimum absolute atomic E-state index is 0.406. The second-order valence-electron chi connectivity index (χ2n) is 2.77. The number of hydrogen-bond acceptors (Lipinski definition) is 3. The first kappa shape index (κ1) is 11.4. The zero-order chi connectivity index (χ0) is 11.6. The van der Waals surface area contributed by atoms with Crippen LogP contribution in [0.4, 0.5) is 18.9 Å². The van der Waals surface area contributed by atoms with Crippen molar-refractivity contribution in [3.63, 3.8) is 0 Å². The van der Waals surface area contributed by atoms with Crippen LogP contribution >= 0.6 is 0 Å². The van der Waals surface area contributed by atoms with E-state index in [9.17, 15) is 18.0 Å². The summed E-state index contributed by atoms with van der Waals surface area (Å²) in [6.07, 6.45) is 0. The largest absolute Gasteiger partial charge is 0.433 e. The van der Waals surface area contributed by atoms with Gasteiger partial charge in [-0.3, -0.25) is 4.79 Å². The summed E-state index contributed by atoms with van der Waals surface area (Å²) in [6.45, 7) is -1.99. The van der Waals surface area contributed by atoms with Gasteiger partial charge in [-0.1, -0.05) is 0 Å². The average molecular weight is 219 g/mol. The van der Waals surface area contributed by atoms with E-state index in [1.807, 2.05) is 0 Å². The molecule has 0 unspecified atom stereocenters. The van der Waals surface area contributed by atoms with Gasteiger partial charge in [0.05, 0.1) is 11.3 Å². The molecule has 1 aromatic rings. The molecule has 0 bridgehead atoms. The molecule has 0 aliphatic rings. The van der Waals surface area contributed by atoms with Crippen LogP contribution in [0.3, 0.4) is 0 Å². The van der Waals surface area contributed by atoms with Gasteiger partial charge >= 0.3 is 6.61 Å². The summed E-state index contributed by atoms with van der Waals surface area (Å²) in [6, 6.07) is 1.80. The molecule has 82 valence electrons. The first-order chi connectivity index (χ1) is 6.93. The number of rotatable bonds is 3. The van der Waals surface area contributed by atoms with Crippen LogP contribution in [-0.2, 0) is 0 Å². The van der Waals surface area contributed by atoms with Crippen molar-refractivity contribution in [2.24, 2.45) is 0 Å². The SMILES string of the molecule is CC(=O)c1c(F)ccc(OC(F)F)c1N. The molecule has 0 heterocycles. The molecular weight excluding hydrogens is 211 g/mol. The van der Waals surface area contributed by atoms with E-state index < -0.39 is 35.2 Å². The predicted molar refractivity (Wildman–Crippen MR) is 47.4 cm³/mol. The van der Waals surface area contributed by atoms with E-state index in [0.29, 0.717) is 0 Å². The number of nitrogens with two attached hydrogens (primary N) is 1. The summed E-state index contributed by atoms with van der Waals surface area (Å²) < 4.78 is 40.8. The van der Waals surface area contributed by atoms with E-state index in [1.165, 1.54) is 0 Å². The number of nitrogen functional groups attached to an aromatic ring is 1. The van der Waals surface area contributed by atoms with Crippen LogP contribution in [-0.4, -0.2) is 12.4 Å². The first-order valence-corrected chi connectivity index (χ1v) is 3.97. The topological polar surface area (TPSA) is 52.3 Å². The Morgan fingerprint density at radius 1 is 1.47 bits per heavy atom. The van der Waals surface area contributed by atoms with E-state index in [0.717, 1.165) is 19.1 Å². The zero-order valence-electron chi connectivity index (χ0n) is 7.76. The lowest BCUT2D eigenvalue weighted by Crippen LogP contribution is -2.09. The van der Waals surface area contributed by atoms with Gasteiger partial charge in [0.2, 0.25) is 0 Å². The summed E-state index contributed by atoms with van der Waals surface area (Å²) in [5.41, 5.74) is 4.46. The van der Waals surface area contributed by atoms with Crippen molar-refractivity contribution < 1.29 is 22.7 Å². The Morgan fingerprint density at radius 3 is 2.53 bits per heavy atom. The fourth-order valence-corrected chi connectivity index (χ4v) is 1.13. The Bertz CT molecular complexity index is 393. The first-order valence-electron chi connectivity index (χ1n) is 3.97. The standard InChI is InChI=1S/C9H8F3NO2/c1-4(14)7-5(10)2-3-6(8(7)13)15-9(11)12/h2-3,9H,13H2,1H3. The van der Waals surface area contributed by atoms with Gasteiger partial charge in [-0.15, -0.1) is 0 Å². The average Bonchev–Trinajstić information content (AvgIpc) is 2.09. The maximum atomic E-state index is 13.1. The smallest absolute Gasteiger partial charge is 0.387 e.